The fraction of sp³-hybridized carbons (Fsp3) is 0.619. The quantitative estimate of drug-likeness (QED) is 0.461. The third-order valence-electron chi connectivity index (χ3n) is 5.28. The standard InChI is InChI=1S/C21H29ClO5S/c1-21(27,14-8-10-15(22)11-9-14)13-28-20-16(17(23)12-18(20)24)6-4-2-3-5-7-19(25)26/h8-11,16,18,20,24,27H,2-7,12-13H2,1H3,(H,25,26)/t16-,18?,20+,21?/m0/s1. The second kappa shape index (κ2) is 10.6. The number of Topliss-reactive ketones (excluding diaryl/α,β-unsaturated/α-hetero) is 1. The van der Waals surface area contributed by atoms with E-state index in [0.29, 0.717) is 23.6 Å². The average molecular weight is 429 g/mol. The number of unbranched alkanes of at least 4 members (excludes halogenated alkanes) is 3. The Kier molecular flexibility index (Phi) is 8.81. The maximum Gasteiger partial charge on any atom is 0.303 e. The number of thioether (sulfide) groups is 1. The third-order valence-corrected chi connectivity index (χ3v) is 7.29. The van der Waals surface area contributed by atoms with Gasteiger partial charge in [-0.15, -0.1) is 0 Å². The zero-order valence-corrected chi connectivity index (χ0v) is 17.7. The van der Waals surface area contributed by atoms with E-state index in [4.69, 9.17) is 16.7 Å². The number of hydrogen-bond acceptors (Lipinski definition) is 5. The Morgan fingerprint density at radius 2 is 1.86 bits per heavy atom. The lowest BCUT2D eigenvalue weighted by Gasteiger charge is -2.28. The first-order chi connectivity index (χ1) is 13.2. The second-order valence-corrected chi connectivity index (χ2v) is 9.35. The van der Waals surface area contributed by atoms with Crippen molar-refractivity contribution in [1.29, 1.82) is 0 Å². The fourth-order valence-electron chi connectivity index (χ4n) is 3.62. The highest BCUT2D eigenvalue weighted by atomic mass is 35.5. The summed E-state index contributed by atoms with van der Waals surface area (Å²) in [6.45, 7) is 1.73. The van der Waals surface area contributed by atoms with Crippen molar-refractivity contribution < 1.29 is 24.9 Å². The highest BCUT2D eigenvalue weighted by molar-refractivity contribution is 8.00. The number of carboxylic acid groups (broad SMARTS) is 1. The molecule has 0 heterocycles. The van der Waals surface area contributed by atoms with Crippen molar-refractivity contribution in [1.82, 2.24) is 0 Å². The van der Waals surface area contributed by atoms with Crippen LogP contribution in [0.3, 0.4) is 0 Å². The first-order valence-corrected chi connectivity index (χ1v) is 11.2. The molecule has 1 fully saturated rings. The van der Waals surface area contributed by atoms with E-state index in [9.17, 15) is 19.8 Å². The Labute approximate surface area is 175 Å². The van der Waals surface area contributed by atoms with Crippen molar-refractivity contribution in [3.63, 3.8) is 0 Å². The van der Waals surface area contributed by atoms with Gasteiger partial charge in [-0.25, -0.2) is 0 Å². The summed E-state index contributed by atoms with van der Waals surface area (Å²) in [5.41, 5.74) is -0.333. The van der Waals surface area contributed by atoms with Gasteiger partial charge in [-0.05, 0) is 37.5 Å². The van der Waals surface area contributed by atoms with Crippen molar-refractivity contribution in [3.05, 3.63) is 34.9 Å². The van der Waals surface area contributed by atoms with E-state index in [0.717, 1.165) is 24.8 Å². The van der Waals surface area contributed by atoms with Crippen LogP contribution in [-0.2, 0) is 15.2 Å². The van der Waals surface area contributed by atoms with Gasteiger partial charge < -0.3 is 15.3 Å². The van der Waals surface area contributed by atoms with Gasteiger partial charge in [-0.1, -0.05) is 43.0 Å². The number of halogens is 1. The Balaban J connectivity index is 1.86. The Bertz CT molecular complexity index is 661. The number of rotatable bonds is 11. The number of carbonyl (C=O) groups excluding carboxylic acids is 1. The van der Waals surface area contributed by atoms with Gasteiger partial charge in [0.25, 0.3) is 0 Å². The highest BCUT2D eigenvalue weighted by Crippen LogP contribution is 2.39. The van der Waals surface area contributed by atoms with Crippen LogP contribution < -0.4 is 0 Å². The minimum Gasteiger partial charge on any atom is -0.481 e. The molecule has 5 nitrogen and oxygen atoms in total. The molecule has 1 aliphatic rings. The molecule has 2 rings (SSSR count). The zero-order valence-electron chi connectivity index (χ0n) is 16.1. The van der Waals surface area contributed by atoms with Crippen molar-refractivity contribution in [3.8, 4) is 0 Å². The largest absolute Gasteiger partial charge is 0.481 e. The number of carboxylic acids is 1. The van der Waals surface area contributed by atoms with Crippen LogP contribution in [0.1, 0.15) is 57.4 Å². The van der Waals surface area contributed by atoms with Crippen molar-refractivity contribution >= 4 is 35.1 Å². The third kappa shape index (κ3) is 6.76. The summed E-state index contributed by atoms with van der Waals surface area (Å²) in [7, 11) is 0. The second-order valence-electron chi connectivity index (χ2n) is 7.75. The molecule has 7 heteroatoms. The molecule has 0 aliphatic heterocycles. The van der Waals surface area contributed by atoms with Crippen molar-refractivity contribution in [2.75, 3.05) is 5.75 Å². The smallest absolute Gasteiger partial charge is 0.303 e. The predicted octanol–water partition coefficient (Wildman–Crippen LogP) is 4.02. The molecule has 0 saturated heterocycles. The van der Waals surface area contributed by atoms with Crippen LogP contribution in [0.25, 0.3) is 0 Å². The molecule has 3 N–H and O–H groups in total. The molecule has 1 aliphatic carbocycles. The van der Waals surface area contributed by atoms with Gasteiger partial charge in [0.15, 0.2) is 0 Å². The number of benzene rings is 1. The minimum absolute atomic E-state index is 0.0849. The van der Waals surface area contributed by atoms with E-state index < -0.39 is 17.7 Å². The molecule has 1 aromatic rings. The van der Waals surface area contributed by atoms with E-state index >= 15 is 0 Å². The minimum atomic E-state index is -1.08. The summed E-state index contributed by atoms with van der Waals surface area (Å²) in [4.78, 5) is 22.8. The fourth-order valence-corrected chi connectivity index (χ4v) is 5.27. The van der Waals surface area contributed by atoms with E-state index in [-0.39, 0.29) is 29.8 Å². The molecule has 4 atom stereocenters. The van der Waals surface area contributed by atoms with Gasteiger partial charge in [0.2, 0.25) is 0 Å². The Morgan fingerprint density at radius 1 is 1.21 bits per heavy atom. The lowest BCUT2D eigenvalue weighted by molar-refractivity contribution is -0.137. The normalized spacial score (nSPS) is 24.3. The summed E-state index contributed by atoms with van der Waals surface area (Å²) in [6, 6.07) is 7.04. The van der Waals surface area contributed by atoms with Gasteiger partial charge >= 0.3 is 5.97 Å². The van der Waals surface area contributed by atoms with E-state index in [2.05, 4.69) is 0 Å². The molecule has 2 unspecified atom stereocenters. The molecule has 0 bridgehead atoms. The van der Waals surface area contributed by atoms with Crippen LogP contribution in [0.4, 0.5) is 0 Å². The summed E-state index contributed by atoms with van der Waals surface area (Å²) in [5.74, 6) is -0.529. The molecule has 0 spiro atoms. The predicted molar refractivity (Wildman–Crippen MR) is 112 cm³/mol. The number of carbonyl (C=O) groups is 2. The van der Waals surface area contributed by atoms with Crippen molar-refractivity contribution in [2.45, 2.75) is 68.8 Å². The molecule has 0 aromatic heterocycles. The molecule has 156 valence electrons. The number of aliphatic hydroxyl groups excluding tert-OH is 1. The number of aliphatic hydroxyl groups is 2. The van der Waals surface area contributed by atoms with Gasteiger partial charge in [-0.3, -0.25) is 9.59 Å². The summed E-state index contributed by atoms with van der Waals surface area (Å²) < 4.78 is 0. The molecular weight excluding hydrogens is 400 g/mol. The van der Waals surface area contributed by atoms with Crippen LogP contribution in [0.2, 0.25) is 5.02 Å². The van der Waals surface area contributed by atoms with E-state index in [1.54, 1.807) is 31.2 Å². The van der Waals surface area contributed by atoms with Crippen LogP contribution in [0, 0.1) is 5.92 Å². The van der Waals surface area contributed by atoms with Crippen LogP contribution in [-0.4, -0.2) is 44.2 Å². The molecule has 0 amide bonds. The van der Waals surface area contributed by atoms with Crippen LogP contribution >= 0.6 is 23.4 Å². The molecule has 1 saturated carbocycles. The summed E-state index contributed by atoms with van der Waals surface area (Å²) >= 11 is 7.36. The maximum atomic E-state index is 12.3. The molecule has 0 radical (unpaired) electrons. The molecule has 1 aromatic carbocycles. The first kappa shape index (κ1) is 23.2. The maximum absolute atomic E-state index is 12.3. The molecule has 28 heavy (non-hydrogen) atoms. The first-order valence-electron chi connectivity index (χ1n) is 9.73. The van der Waals surface area contributed by atoms with Gasteiger partial charge in [0, 0.05) is 34.8 Å². The van der Waals surface area contributed by atoms with E-state index in [1.165, 1.54) is 11.8 Å². The van der Waals surface area contributed by atoms with Gasteiger partial charge in [0.05, 0.1) is 11.7 Å². The number of ketones is 1. The Morgan fingerprint density at radius 3 is 2.50 bits per heavy atom. The summed E-state index contributed by atoms with van der Waals surface area (Å²) in [6.07, 6.45) is 3.57. The van der Waals surface area contributed by atoms with Gasteiger partial charge in [-0.2, -0.15) is 11.8 Å². The van der Waals surface area contributed by atoms with Crippen LogP contribution in [0.5, 0.6) is 0 Å². The lowest BCUT2D eigenvalue weighted by Crippen LogP contribution is -2.30. The van der Waals surface area contributed by atoms with E-state index in [1.807, 2.05) is 0 Å². The SMILES string of the molecule is CC(O)(CS[C@H]1C(O)CC(=O)[C@@H]1CCCCCCC(=O)O)c1ccc(Cl)cc1. The summed E-state index contributed by atoms with van der Waals surface area (Å²) in [5, 5.41) is 30.2. The van der Waals surface area contributed by atoms with Gasteiger partial charge in [0.1, 0.15) is 5.78 Å². The molecular formula is C21H29ClO5S. The average Bonchev–Trinajstić information content (AvgIpc) is 2.89. The van der Waals surface area contributed by atoms with Crippen LogP contribution in [0.15, 0.2) is 24.3 Å². The number of hydrogen-bond donors (Lipinski definition) is 3. The lowest BCUT2D eigenvalue weighted by atomic mass is 9.97. The van der Waals surface area contributed by atoms with Crippen molar-refractivity contribution in [2.24, 2.45) is 5.92 Å². The highest BCUT2D eigenvalue weighted by Gasteiger charge is 2.42. The monoisotopic (exact) mass is 428 g/mol. The zero-order chi connectivity index (χ0) is 20.7. The Hall–Kier alpha value is -1.08. The number of aliphatic carboxylic acids is 1. The topological polar surface area (TPSA) is 94.8 Å².